The van der Waals surface area contributed by atoms with Crippen molar-refractivity contribution < 1.29 is 4.79 Å². The minimum Gasteiger partial charge on any atom is -0.324 e. The molecule has 2 aromatic carbocycles. The summed E-state index contributed by atoms with van der Waals surface area (Å²) in [5.74, 6) is -0.125. The number of thioether (sulfide) groups is 1. The summed E-state index contributed by atoms with van der Waals surface area (Å²) in [6.07, 6.45) is 1.73. The van der Waals surface area contributed by atoms with E-state index in [9.17, 15) is 4.79 Å². The van der Waals surface area contributed by atoms with Gasteiger partial charge in [0.15, 0.2) is 0 Å². The number of nitrogens with one attached hydrogen (secondary N) is 1. The first-order valence-corrected chi connectivity index (χ1v) is 9.66. The Bertz CT molecular complexity index is 1140. The van der Waals surface area contributed by atoms with Gasteiger partial charge in [-0.1, -0.05) is 30.0 Å². The molecule has 0 spiro atoms. The van der Waals surface area contributed by atoms with Gasteiger partial charge in [0.1, 0.15) is 0 Å². The van der Waals surface area contributed by atoms with Crippen LogP contribution in [0.2, 0.25) is 0 Å². The van der Waals surface area contributed by atoms with E-state index in [-0.39, 0.29) is 11.2 Å². The van der Waals surface area contributed by atoms with Crippen LogP contribution in [0.15, 0.2) is 66.0 Å². The third-order valence-electron chi connectivity index (χ3n) is 4.24. The molecule has 1 atom stereocenters. The number of rotatable bonds is 5. The van der Waals surface area contributed by atoms with Crippen molar-refractivity contribution in [3.8, 4) is 5.69 Å². The van der Waals surface area contributed by atoms with Crippen molar-refractivity contribution in [2.75, 3.05) is 5.32 Å². The highest BCUT2D eigenvalue weighted by atomic mass is 32.2. The molecule has 0 radical (unpaired) electrons. The van der Waals surface area contributed by atoms with Gasteiger partial charge < -0.3 is 5.32 Å². The molecule has 140 valence electrons. The monoisotopic (exact) mass is 390 g/mol. The average Bonchev–Trinajstić information content (AvgIpc) is 3.16. The summed E-state index contributed by atoms with van der Waals surface area (Å²) in [6.45, 7) is 3.84. The number of hydrogen-bond donors (Lipinski definition) is 1. The van der Waals surface area contributed by atoms with Gasteiger partial charge in [-0.05, 0) is 66.2 Å². The summed E-state index contributed by atoms with van der Waals surface area (Å²) in [6, 6.07) is 17.3. The Kier molecular flexibility index (Phi) is 5.03. The zero-order valence-corrected chi connectivity index (χ0v) is 16.2. The minimum atomic E-state index is -0.388. The molecule has 28 heavy (non-hydrogen) atoms. The van der Waals surface area contributed by atoms with Crippen molar-refractivity contribution in [1.29, 1.82) is 0 Å². The maximum absolute atomic E-state index is 12.8. The van der Waals surface area contributed by atoms with Gasteiger partial charge in [-0.25, -0.2) is 0 Å². The number of nitrogens with zero attached hydrogens (tertiary/aromatic N) is 5. The lowest BCUT2D eigenvalue weighted by Crippen LogP contribution is -2.23. The number of pyridine rings is 1. The second kappa shape index (κ2) is 7.77. The zero-order chi connectivity index (χ0) is 19.5. The number of amides is 1. The number of carbonyl (C=O) groups excluding carboxylic acids is 1. The Morgan fingerprint density at radius 1 is 1.14 bits per heavy atom. The lowest BCUT2D eigenvalue weighted by molar-refractivity contribution is -0.115. The molecule has 7 nitrogen and oxygen atoms in total. The summed E-state index contributed by atoms with van der Waals surface area (Å²) in [5, 5.41) is 16.0. The normalized spacial score (nSPS) is 12.1. The van der Waals surface area contributed by atoms with Crippen LogP contribution in [0.5, 0.6) is 0 Å². The Balaban J connectivity index is 1.52. The van der Waals surface area contributed by atoms with Crippen molar-refractivity contribution in [2.45, 2.75) is 24.3 Å². The van der Waals surface area contributed by atoms with E-state index in [1.54, 1.807) is 10.9 Å². The lowest BCUT2D eigenvalue weighted by atomic mass is 10.2. The van der Waals surface area contributed by atoms with E-state index in [2.05, 4.69) is 25.8 Å². The third-order valence-corrected chi connectivity index (χ3v) is 5.28. The molecule has 0 aliphatic rings. The number of aryl methyl sites for hydroxylation is 1. The van der Waals surface area contributed by atoms with Gasteiger partial charge in [-0.3, -0.25) is 9.78 Å². The van der Waals surface area contributed by atoms with E-state index in [0.717, 1.165) is 27.8 Å². The second-order valence-electron chi connectivity index (χ2n) is 6.34. The van der Waals surface area contributed by atoms with E-state index < -0.39 is 0 Å². The molecule has 0 aliphatic carbocycles. The molecule has 8 heteroatoms. The average molecular weight is 390 g/mol. The molecule has 1 unspecified atom stereocenters. The first kappa shape index (κ1) is 18.1. The van der Waals surface area contributed by atoms with Gasteiger partial charge >= 0.3 is 0 Å². The van der Waals surface area contributed by atoms with Gasteiger partial charge in [0.25, 0.3) is 0 Å². The van der Waals surface area contributed by atoms with Crippen LogP contribution in [-0.4, -0.2) is 36.3 Å². The van der Waals surface area contributed by atoms with Crippen LogP contribution in [0, 0.1) is 6.92 Å². The Morgan fingerprint density at radius 2 is 2.00 bits per heavy atom. The molecule has 0 saturated carbocycles. The van der Waals surface area contributed by atoms with Crippen molar-refractivity contribution in [3.63, 3.8) is 0 Å². The maximum Gasteiger partial charge on any atom is 0.237 e. The summed E-state index contributed by atoms with van der Waals surface area (Å²) >= 11 is 1.31. The van der Waals surface area contributed by atoms with Crippen LogP contribution in [0.25, 0.3) is 16.6 Å². The van der Waals surface area contributed by atoms with Gasteiger partial charge in [-0.15, -0.1) is 5.10 Å². The Hall–Kier alpha value is -3.26. The predicted octanol–water partition coefficient (Wildman–Crippen LogP) is 3.64. The molecule has 1 N–H and O–H groups in total. The number of aromatic nitrogens is 5. The first-order valence-electron chi connectivity index (χ1n) is 8.78. The predicted molar refractivity (Wildman–Crippen MR) is 110 cm³/mol. The smallest absolute Gasteiger partial charge is 0.237 e. The van der Waals surface area contributed by atoms with E-state index in [0.29, 0.717) is 5.16 Å². The lowest BCUT2D eigenvalue weighted by Gasteiger charge is -2.13. The molecule has 0 bridgehead atoms. The van der Waals surface area contributed by atoms with Crippen LogP contribution in [-0.2, 0) is 4.79 Å². The number of hydrogen-bond acceptors (Lipinski definition) is 6. The van der Waals surface area contributed by atoms with Crippen LogP contribution >= 0.6 is 11.8 Å². The number of carbonyl (C=O) groups is 1. The summed E-state index contributed by atoms with van der Waals surface area (Å²) < 4.78 is 1.64. The fourth-order valence-corrected chi connectivity index (χ4v) is 3.64. The topological polar surface area (TPSA) is 85.6 Å². The minimum absolute atomic E-state index is 0.125. The highest BCUT2D eigenvalue weighted by molar-refractivity contribution is 8.00. The molecule has 4 aromatic rings. The van der Waals surface area contributed by atoms with Crippen molar-refractivity contribution >= 4 is 34.3 Å². The van der Waals surface area contributed by atoms with Crippen molar-refractivity contribution in [2.24, 2.45) is 0 Å². The van der Waals surface area contributed by atoms with Crippen LogP contribution in [0.1, 0.15) is 12.5 Å². The van der Waals surface area contributed by atoms with Crippen LogP contribution < -0.4 is 5.32 Å². The molecule has 2 aromatic heterocycles. The summed E-state index contributed by atoms with van der Waals surface area (Å²) in [5.41, 5.74) is 3.55. The third kappa shape index (κ3) is 3.72. The number of anilines is 1. The van der Waals surface area contributed by atoms with E-state index >= 15 is 0 Å². The van der Waals surface area contributed by atoms with Gasteiger partial charge in [0.05, 0.1) is 22.1 Å². The molecule has 4 rings (SSSR count). The maximum atomic E-state index is 12.8. The summed E-state index contributed by atoms with van der Waals surface area (Å²) in [7, 11) is 0. The molecular formula is C20H18N6OS. The van der Waals surface area contributed by atoms with Crippen LogP contribution in [0.3, 0.4) is 0 Å². The number of tetrazole rings is 1. The van der Waals surface area contributed by atoms with Crippen molar-refractivity contribution in [1.82, 2.24) is 25.2 Å². The molecule has 2 heterocycles. The summed E-state index contributed by atoms with van der Waals surface area (Å²) in [4.78, 5) is 17.1. The zero-order valence-electron chi connectivity index (χ0n) is 15.4. The van der Waals surface area contributed by atoms with E-state index in [4.69, 9.17) is 0 Å². The molecule has 0 saturated heterocycles. The van der Waals surface area contributed by atoms with Gasteiger partial charge in [0, 0.05) is 11.6 Å². The SMILES string of the molecule is Cc1cccc(-n2nnnc2SC(C)C(=O)Nc2cccc3ncccc23)c1. The van der Waals surface area contributed by atoms with Gasteiger partial charge in [-0.2, -0.15) is 4.68 Å². The quantitative estimate of drug-likeness (QED) is 0.524. The van der Waals surface area contributed by atoms with Gasteiger partial charge in [0.2, 0.25) is 11.1 Å². The molecule has 0 fully saturated rings. The van der Waals surface area contributed by atoms with E-state index in [1.807, 2.05) is 68.4 Å². The largest absolute Gasteiger partial charge is 0.324 e. The Morgan fingerprint density at radius 3 is 2.86 bits per heavy atom. The van der Waals surface area contributed by atoms with Crippen molar-refractivity contribution in [3.05, 3.63) is 66.4 Å². The highest BCUT2D eigenvalue weighted by Gasteiger charge is 2.20. The molecule has 0 aliphatic heterocycles. The number of fused-ring (bicyclic) bond motifs is 1. The molecule has 1 amide bonds. The van der Waals surface area contributed by atoms with E-state index in [1.165, 1.54) is 11.8 Å². The van der Waals surface area contributed by atoms with Crippen LogP contribution in [0.4, 0.5) is 5.69 Å². The highest BCUT2D eigenvalue weighted by Crippen LogP contribution is 2.26. The Labute approximate surface area is 166 Å². The molecular weight excluding hydrogens is 372 g/mol. The first-order chi connectivity index (χ1) is 13.6. The second-order valence-corrected chi connectivity index (χ2v) is 7.65. The fraction of sp³-hybridized carbons (Fsp3) is 0.150. The standard InChI is InChI=1S/C20H18N6OS/c1-13-6-3-7-15(12-13)26-20(23-24-25-26)28-14(2)19(27)22-18-10-4-9-17-16(18)8-5-11-21-17/h3-12,14H,1-2H3,(H,22,27). The fourth-order valence-electron chi connectivity index (χ4n) is 2.83. The number of benzene rings is 2.